The van der Waals surface area contributed by atoms with Crippen LogP contribution in [-0.4, -0.2) is 56.2 Å². The maximum absolute atomic E-state index is 10.0. The number of methoxy groups -OCH3 is 1. The summed E-state index contributed by atoms with van der Waals surface area (Å²) >= 11 is 5.99. The number of hydrogen-bond donors (Lipinski definition) is 1. The SMILES string of the molecule is COc1cc(Cl)cc(CN(C)CCN(C)C)c1O. The number of rotatable bonds is 6. The van der Waals surface area contributed by atoms with Crippen LogP contribution in [0, 0.1) is 0 Å². The fourth-order valence-electron chi connectivity index (χ4n) is 1.65. The summed E-state index contributed by atoms with van der Waals surface area (Å²) in [7, 11) is 7.60. The molecule has 0 spiro atoms. The minimum absolute atomic E-state index is 0.165. The van der Waals surface area contributed by atoms with Crippen molar-refractivity contribution in [3.8, 4) is 11.5 Å². The third-order valence-electron chi connectivity index (χ3n) is 2.71. The standard InChI is InChI=1S/C13H21ClN2O2/c1-15(2)5-6-16(3)9-10-7-11(14)8-12(18-4)13(10)17/h7-8,17H,5-6,9H2,1-4H3. The molecule has 1 N–H and O–H groups in total. The first kappa shape index (κ1) is 15.1. The van der Waals surface area contributed by atoms with Crippen molar-refractivity contribution in [3.05, 3.63) is 22.7 Å². The summed E-state index contributed by atoms with van der Waals surface area (Å²) in [6.45, 7) is 2.52. The van der Waals surface area contributed by atoms with Gasteiger partial charge < -0.3 is 19.6 Å². The predicted molar refractivity (Wildman–Crippen MR) is 74.6 cm³/mol. The molecular weight excluding hydrogens is 252 g/mol. The molecule has 0 aromatic heterocycles. The van der Waals surface area contributed by atoms with Crippen LogP contribution in [0.15, 0.2) is 12.1 Å². The quantitative estimate of drug-likeness (QED) is 0.860. The van der Waals surface area contributed by atoms with Gasteiger partial charge >= 0.3 is 0 Å². The van der Waals surface area contributed by atoms with Gasteiger partial charge in [-0.15, -0.1) is 0 Å². The highest BCUT2D eigenvalue weighted by Gasteiger charge is 2.11. The molecule has 102 valence electrons. The van der Waals surface area contributed by atoms with Crippen molar-refractivity contribution in [1.82, 2.24) is 9.80 Å². The molecule has 0 unspecified atom stereocenters. The van der Waals surface area contributed by atoms with E-state index in [9.17, 15) is 5.11 Å². The Morgan fingerprint density at radius 2 is 1.89 bits per heavy atom. The van der Waals surface area contributed by atoms with Gasteiger partial charge in [0, 0.05) is 36.3 Å². The molecule has 0 aliphatic rings. The molecule has 0 heterocycles. The Morgan fingerprint density at radius 3 is 2.44 bits per heavy atom. The van der Waals surface area contributed by atoms with Gasteiger partial charge in [-0.2, -0.15) is 0 Å². The van der Waals surface area contributed by atoms with Crippen molar-refractivity contribution in [3.63, 3.8) is 0 Å². The van der Waals surface area contributed by atoms with Crippen LogP contribution in [0.4, 0.5) is 0 Å². The number of nitrogens with zero attached hydrogens (tertiary/aromatic N) is 2. The van der Waals surface area contributed by atoms with E-state index in [0.29, 0.717) is 17.3 Å². The Bertz CT molecular complexity index is 397. The molecule has 0 amide bonds. The number of likely N-dealkylation sites (N-methyl/N-ethyl adjacent to an activating group) is 2. The zero-order valence-corrected chi connectivity index (χ0v) is 12.2. The molecule has 0 aliphatic carbocycles. The second-order valence-electron chi connectivity index (χ2n) is 4.66. The first-order chi connectivity index (χ1) is 8.43. The summed E-state index contributed by atoms with van der Waals surface area (Å²) in [6, 6.07) is 3.38. The largest absolute Gasteiger partial charge is 0.504 e. The van der Waals surface area contributed by atoms with Crippen molar-refractivity contribution in [2.24, 2.45) is 0 Å². The van der Waals surface area contributed by atoms with Gasteiger partial charge in [0.2, 0.25) is 0 Å². The van der Waals surface area contributed by atoms with Crippen molar-refractivity contribution >= 4 is 11.6 Å². The first-order valence-corrected chi connectivity index (χ1v) is 6.20. The normalized spacial score (nSPS) is 11.3. The minimum Gasteiger partial charge on any atom is -0.504 e. The molecule has 0 saturated carbocycles. The van der Waals surface area contributed by atoms with E-state index in [1.807, 2.05) is 21.1 Å². The Kier molecular flexibility index (Phi) is 5.72. The third-order valence-corrected chi connectivity index (χ3v) is 2.93. The van der Waals surface area contributed by atoms with Crippen molar-refractivity contribution in [1.29, 1.82) is 0 Å². The number of phenolic OH excluding ortho intramolecular Hbond substituents is 1. The molecule has 1 aromatic rings. The first-order valence-electron chi connectivity index (χ1n) is 5.82. The van der Waals surface area contributed by atoms with E-state index in [-0.39, 0.29) is 5.75 Å². The molecule has 0 radical (unpaired) electrons. The van der Waals surface area contributed by atoms with Crippen molar-refractivity contribution in [2.45, 2.75) is 6.54 Å². The van der Waals surface area contributed by atoms with E-state index in [2.05, 4.69) is 9.80 Å². The lowest BCUT2D eigenvalue weighted by atomic mass is 10.1. The highest BCUT2D eigenvalue weighted by molar-refractivity contribution is 6.30. The minimum atomic E-state index is 0.165. The van der Waals surface area contributed by atoms with E-state index in [1.54, 1.807) is 12.1 Å². The number of benzene rings is 1. The average Bonchev–Trinajstić information content (AvgIpc) is 2.30. The molecule has 0 saturated heterocycles. The molecular formula is C13H21ClN2O2. The Morgan fingerprint density at radius 1 is 1.22 bits per heavy atom. The fraction of sp³-hybridized carbons (Fsp3) is 0.538. The maximum atomic E-state index is 10.0. The number of phenols is 1. The van der Waals surface area contributed by atoms with Gasteiger partial charge in [0.25, 0.3) is 0 Å². The van der Waals surface area contributed by atoms with Gasteiger partial charge in [0.15, 0.2) is 11.5 Å². The number of aromatic hydroxyl groups is 1. The second-order valence-corrected chi connectivity index (χ2v) is 5.09. The van der Waals surface area contributed by atoms with E-state index < -0.39 is 0 Å². The van der Waals surface area contributed by atoms with Crippen LogP contribution < -0.4 is 4.74 Å². The van der Waals surface area contributed by atoms with Gasteiger partial charge in [-0.1, -0.05) is 11.6 Å². The Balaban J connectivity index is 2.74. The van der Waals surface area contributed by atoms with Gasteiger partial charge in [0.05, 0.1) is 7.11 Å². The molecule has 0 fully saturated rings. The van der Waals surface area contributed by atoms with Crippen LogP contribution in [0.5, 0.6) is 11.5 Å². The average molecular weight is 273 g/mol. The summed E-state index contributed by atoms with van der Waals surface area (Å²) in [4.78, 5) is 4.25. The lowest BCUT2D eigenvalue weighted by Gasteiger charge is -2.20. The second kappa shape index (κ2) is 6.83. The molecule has 0 atom stereocenters. The van der Waals surface area contributed by atoms with E-state index in [1.165, 1.54) is 7.11 Å². The molecule has 4 nitrogen and oxygen atoms in total. The smallest absolute Gasteiger partial charge is 0.162 e. The number of ether oxygens (including phenoxy) is 1. The zero-order chi connectivity index (χ0) is 13.7. The van der Waals surface area contributed by atoms with Crippen molar-refractivity contribution in [2.75, 3.05) is 41.3 Å². The molecule has 18 heavy (non-hydrogen) atoms. The van der Waals surface area contributed by atoms with Crippen LogP contribution in [-0.2, 0) is 6.54 Å². The Hall–Kier alpha value is -0.970. The lowest BCUT2D eigenvalue weighted by Crippen LogP contribution is -2.28. The van der Waals surface area contributed by atoms with Crippen LogP contribution in [0.2, 0.25) is 5.02 Å². The molecule has 5 heteroatoms. The van der Waals surface area contributed by atoms with Gasteiger partial charge in [-0.3, -0.25) is 0 Å². The lowest BCUT2D eigenvalue weighted by molar-refractivity contribution is 0.272. The molecule has 0 bridgehead atoms. The van der Waals surface area contributed by atoms with Crippen molar-refractivity contribution < 1.29 is 9.84 Å². The van der Waals surface area contributed by atoms with E-state index in [0.717, 1.165) is 18.7 Å². The van der Waals surface area contributed by atoms with Crippen LogP contribution >= 0.6 is 11.6 Å². The monoisotopic (exact) mass is 272 g/mol. The van der Waals surface area contributed by atoms with Crippen LogP contribution in [0.25, 0.3) is 0 Å². The predicted octanol–water partition coefficient (Wildman–Crippen LogP) is 2.05. The molecule has 1 rings (SSSR count). The van der Waals surface area contributed by atoms with E-state index >= 15 is 0 Å². The third kappa shape index (κ3) is 4.37. The molecule has 1 aromatic carbocycles. The highest BCUT2D eigenvalue weighted by atomic mass is 35.5. The van der Waals surface area contributed by atoms with Gasteiger partial charge in [0.1, 0.15) is 0 Å². The summed E-state index contributed by atoms with van der Waals surface area (Å²) in [5.74, 6) is 0.581. The summed E-state index contributed by atoms with van der Waals surface area (Å²) in [5, 5.41) is 10.6. The Labute approximate surface area is 114 Å². The van der Waals surface area contributed by atoms with E-state index in [4.69, 9.17) is 16.3 Å². The fourth-order valence-corrected chi connectivity index (χ4v) is 1.88. The summed E-state index contributed by atoms with van der Waals surface area (Å²) in [6.07, 6.45) is 0. The van der Waals surface area contributed by atoms with Gasteiger partial charge in [-0.25, -0.2) is 0 Å². The maximum Gasteiger partial charge on any atom is 0.162 e. The topological polar surface area (TPSA) is 35.9 Å². The highest BCUT2D eigenvalue weighted by Crippen LogP contribution is 2.33. The van der Waals surface area contributed by atoms with Crippen LogP contribution in [0.1, 0.15) is 5.56 Å². The summed E-state index contributed by atoms with van der Waals surface area (Å²) < 4.78 is 5.09. The number of halogens is 1. The zero-order valence-electron chi connectivity index (χ0n) is 11.4. The van der Waals surface area contributed by atoms with Crippen LogP contribution in [0.3, 0.4) is 0 Å². The summed E-state index contributed by atoms with van der Waals surface area (Å²) in [5.41, 5.74) is 0.778. The molecule has 0 aliphatic heterocycles. The number of hydrogen-bond acceptors (Lipinski definition) is 4. The van der Waals surface area contributed by atoms with Gasteiger partial charge in [-0.05, 0) is 27.2 Å².